The van der Waals surface area contributed by atoms with Crippen LogP contribution in [0.5, 0.6) is 0 Å². The summed E-state index contributed by atoms with van der Waals surface area (Å²) >= 11 is 0. The lowest BCUT2D eigenvalue weighted by Gasteiger charge is -2.27. The zero-order valence-electron chi connectivity index (χ0n) is 15.6. The quantitative estimate of drug-likeness (QED) is 0.529. The van der Waals surface area contributed by atoms with E-state index in [2.05, 4.69) is 24.3 Å². The van der Waals surface area contributed by atoms with Gasteiger partial charge in [-0.05, 0) is 67.0 Å². The number of para-hydroxylation sites is 2. The van der Waals surface area contributed by atoms with Crippen molar-refractivity contribution in [2.24, 2.45) is 0 Å². The number of nitrogens with zero attached hydrogens (tertiary/aromatic N) is 1. The molecule has 0 N–H and O–H groups in total. The Kier molecular flexibility index (Phi) is 5.34. The minimum Gasteiger partial charge on any atom is -0.281 e. The van der Waals surface area contributed by atoms with Crippen LogP contribution in [-0.2, 0) is 11.2 Å². The summed E-state index contributed by atoms with van der Waals surface area (Å²) in [7, 11) is 0. The van der Waals surface area contributed by atoms with Gasteiger partial charge < -0.3 is 0 Å². The molecule has 1 aliphatic carbocycles. The molecule has 27 heavy (non-hydrogen) atoms. The number of rotatable bonds is 5. The Hall–Kier alpha value is -2.87. The zero-order chi connectivity index (χ0) is 18.5. The van der Waals surface area contributed by atoms with Gasteiger partial charge in [-0.3, -0.25) is 9.69 Å². The van der Waals surface area contributed by atoms with E-state index in [-0.39, 0.29) is 5.91 Å². The molecule has 4 rings (SSSR count). The molecule has 0 saturated heterocycles. The van der Waals surface area contributed by atoms with Gasteiger partial charge in [0.25, 0.3) is 0 Å². The molecule has 1 amide bonds. The van der Waals surface area contributed by atoms with E-state index in [0.717, 1.165) is 17.8 Å². The first-order chi connectivity index (χ1) is 13.3. The van der Waals surface area contributed by atoms with Crippen LogP contribution in [0, 0.1) is 0 Å². The van der Waals surface area contributed by atoms with Crippen LogP contribution in [0.3, 0.4) is 0 Å². The van der Waals surface area contributed by atoms with E-state index in [9.17, 15) is 4.79 Å². The maximum Gasteiger partial charge on any atom is 0.231 e. The molecule has 0 spiro atoms. The van der Waals surface area contributed by atoms with Crippen molar-refractivity contribution < 1.29 is 4.79 Å². The second-order valence-corrected chi connectivity index (χ2v) is 7.23. The Labute approximate surface area is 161 Å². The number of carbonyl (C=O) groups is 1. The summed E-state index contributed by atoms with van der Waals surface area (Å²) in [6.07, 6.45) is 5.04. The van der Waals surface area contributed by atoms with E-state index in [1.165, 1.54) is 30.4 Å². The van der Waals surface area contributed by atoms with Crippen molar-refractivity contribution in [2.75, 3.05) is 4.90 Å². The highest BCUT2D eigenvalue weighted by molar-refractivity contribution is 6.00. The Morgan fingerprint density at radius 1 is 0.815 bits per heavy atom. The number of amides is 1. The highest BCUT2D eigenvalue weighted by atomic mass is 16.2. The largest absolute Gasteiger partial charge is 0.281 e. The molecule has 2 heteroatoms. The van der Waals surface area contributed by atoms with Crippen molar-refractivity contribution >= 4 is 17.3 Å². The van der Waals surface area contributed by atoms with Crippen LogP contribution in [-0.4, -0.2) is 5.91 Å². The molecule has 1 aliphatic rings. The van der Waals surface area contributed by atoms with Gasteiger partial charge in [-0.15, -0.1) is 0 Å². The van der Waals surface area contributed by atoms with E-state index >= 15 is 0 Å². The molecule has 1 unspecified atom stereocenters. The maximum atomic E-state index is 13.2. The van der Waals surface area contributed by atoms with Crippen molar-refractivity contribution in [2.45, 2.75) is 38.0 Å². The highest BCUT2D eigenvalue weighted by Crippen LogP contribution is 2.35. The Morgan fingerprint density at radius 2 is 1.41 bits per heavy atom. The third kappa shape index (κ3) is 3.95. The van der Waals surface area contributed by atoms with Crippen LogP contribution in [0.4, 0.5) is 11.4 Å². The van der Waals surface area contributed by atoms with Gasteiger partial charge >= 0.3 is 0 Å². The lowest BCUT2D eigenvalue weighted by atomic mass is 9.80. The molecule has 0 heterocycles. The van der Waals surface area contributed by atoms with Crippen molar-refractivity contribution in [3.63, 3.8) is 0 Å². The third-order valence-corrected chi connectivity index (χ3v) is 5.48. The zero-order valence-corrected chi connectivity index (χ0v) is 15.6. The molecule has 3 aromatic carbocycles. The summed E-state index contributed by atoms with van der Waals surface area (Å²) in [5, 5.41) is 0. The summed E-state index contributed by atoms with van der Waals surface area (Å²) in [4.78, 5) is 15.1. The monoisotopic (exact) mass is 355 g/mol. The number of hydrogen-bond acceptors (Lipinski definition) is 1. The number of fused-ring (bicyclic) bond motifs is 1. The van der Waals surface area contributed by atoms with Gasteiger partial charge in [0.1, 0.15) is 0 Å². The predicted octanol–water partition coefficient (Wildman–Crippen LogP) is 6.25. The van der Waals surface area contributed by atoms with Crippen LogP contribution in [0.1, 0.15) is 42.7 Å². The van der Waals surface area contributed by atoms with Gasteiger partial charge in [0.05, 0.1) is 0 Å². The Morgan fingerprint density at radius 3 is 2.07 bits per heavy atom. The molecule has 0 aliphatic heterocycles. The van der Waals surface area contributed by atoms with Crippen molar-refractivity contribution in [1.82, 2.24) is 0 Å². The van der Waals surface area contributed by atoms with E-state index in [1.807, 2.05) is 65.6 Å². The maximum absolute atomic E-state index is 13.2. The number of benzene rings is 3. The molecule has 0 aromatic heterocycles. The van der Waals surface area contributed by atoms with Gasteiger partial charge in [-0.2, -0.15) is 0 Å². The van der Waals surface area contributed by atoms with Crippen LogP contribution >= 0.6 is 0 Å². The molecule has 0 bridgehead atoms. The molecule has 136 valence electrons. The average Bonchev–Trinajstić information content (AvgIpc) is 2.74. The molecule has 1 atom stereocenters. The SMILES string of the molecule is O=C(CCC1CCCc2ccccc21)N(c1ccccc1)c1ccccc1. The van der Waals surface area contributed by atoms with Gasteiger partial charge in [-0.1, -0.05) is 60.7 Å². The summed E-state index contributed by atoms with van der Waals surface area (Å²) in [6.45, 7) is 0. The van der Waals surface area contributed by atoms with Gasteiger partial charge in [-0.25, -0.2) is 0 Å². The fourth-order valence-corrected chi connectivity index (χ4v) is 4.16. The molecule has 0 fully saturated rings. The van der Waals surface area contributed by atoms with Crippen molar-refractivity contribution in [3.8, 4) is 0 Å². The summed E-state index contributed by atoms with van der Waals surface area (Å²) in [5.41, 5.74) is 4.77. The van der Waals surface area contributed by atoms with Crippen molar-refractivity contribution in [1.29, 1.82) is 0 Å². The number of carbonyl (C=O) groups excluding carboxylic acids is 1. The van der Waals surface area contributed by atoms with E-state index in [0.29, 0.717) is 12.3 Å². The lowest BCUT2D eigenvalue weighted by molar-refractivity contribution is -0.118. The van der Waals surface area contributed by atoms with Gasteiger partial charge in [0.15, 0.2) is 0 Å². The molecule has 0 saturated carbocycles. The molecular weight excluding hydrogens is 330 g/mol. The number of aryl methyl sites for hydroxylation is 1. The second kappa shape index (κ2) is 8.22. The summed E-state index contributed by atoms with van der Waals surface area (Å²) in [5.74, 6) is 0.655. The Balaban J connectivity index is 1.53. The minimum absolute atomic E-state index is 0.162. The standard InChI is InChI=1S/C25H25NO/c27-25(19-18-21-12-9-11-20-10-7-8-17-24(20)21)26(22-13-3-1-4-14-22)23-15-5-2-6-16-23/h1-8,10,13-17,21H,9,11-12,18-19H2. The highest BCUT2D eigenvalue weighted by Gasteiger charge is 2.23. The minimum atomic E-state index is 0.162. The first kappa shape index (κ1) is 17.5. The van der Waals surface area contributed by atoms with Crippen LogP contribution < -0.4 is 4.90 Å². The van der Waals surface area contributed by atoms with Crippen LogP contribution in [0.2, 0.25) is 0 Å². The van der Waals surface area contributed by atoms with Crippen molar-refractivity contribution in [3.05, 3.63) is 96.1 Å². The average molecular weight is 355 g/mol. The van der Waals surface area contributed by atoms with Crippen LogP contribution in [0.15, 0.2) is 84.9 Å². The molecule has 3 aromatic rings. The van der Waals surface area contributed by atoms with E-state index in [4.69, 9.17) is 0 Å². The first-order valence-corrected chi connectivity index (χ1v) is 9.84. The van der Waals surface area contributed by atoms with Gasteiger partial charge in [0.2, 0.25) is 5.91 Å². The first-order valence-electron chi connectivity index (χ1n) is 9.84. The smallest absolute Gasteiger partial charge is 0.231 e. The fraction of sp³-hybridized carbons (Fsp3) is 0.240. The van der Waals surface area contributed by atoms with Gasteiger partial charge in [0, 0.05) is 17.8 Å². The summed E-state index contributed by atoms with van der Waals surface area (Å²) in [6, 6.07) is 28.6. The summed E-state index contributed by atoms with van der Waals surface area (Å²) < 4.78 is 0. The number of anilines is 2. The normalized spacial score (nSPS) is 15.8. The second-order valence-electron chi connectivity index (χ2n) is 7.23. The van der Waals surface area contributed by atoms with E-state index < -0.39 is 0 Å². The molecule has 0 radical (unpaired) electrons. The lowest BCUT2D eigenvalue weighted by Crippen LogP contribution is -2.26. The Bertz CT molecular complexity index is 849. The number of hydrogen-bond donors (Lipinski definition) is 0. The molecular formula is C25H25NO. The topological polar surface area (TPSA) is 20.3 Å². The van der Waals surface area contributed by atoms with E-state index in [1.54, 1.807) is 0 Å². The van der Waals surface area contributed by atoms with Crippen LogP contribution in [0.25, 0.3) is 0 Å². The molecule has 2 nitrogen and oxygen atoms in total. The third-order valence-electron chi connectivity index (χ3n) is 5.48. The predicted molar refractivity (Wildman–Crippen MR) is 111 cm³/mol. The fourth-order valence-electron chi connectivity index (χ4n) is 4.16.